The van der Waals surface area contributed by atoms with E-state index in [4.69, 9.17) is 42.1 Å². The van der Waals surface area contributed by atoms with Crippen molar-refractivity contribution in [3.8, 4) is 23.0 Å². The maximum absolute atomic E-state index is 13.2. The number of rotatable bonds is 5. The maximum Gasteiger partial charge on any atom is 0.271 e. The van der Waals surface area contributed by atoms with Crippen LogP contribution in [0.5, 0.6) is 23.0 Å². The number of hydrogen-bond acceptors (Lipinski definition) is 5. The third-order valence-electron chi connectivity index (χ3n) is 5.28. The van der Waals surface area contributed by atoms with Gasteiger partial charge in [-0.25, -0.2) is 0 Å². The lowest BCUT2D eigenvalue weighted by atomic mass is 9.89. The van der Waals surface area contributed by atoms with E-state index in [-0.39, 0.29) is 18.7 Å². The Morgan fingerprint density at radius 3 is 2.48 bits per heavy atom. The van der Waals surface area contributed by atoms with Gasteiger partial charge < -0.3 is 18.9 Å². The van der Waals surface area contributed by atoms with Crippen molar-refractivity contribution in [3.63, 3.8) is 0 Å². The highest BCUT2D eigenvalue weighted by Crippen LogP contribution is 2.45. The van der Waals surface area contributed by atoms with Crippen LogP contribution in [-0.2, 0) is 4.79 Å². The number of nitrogens with zero attached hydrogens (tertiary/aromatic N) is 1. The summed E-state index contributed by atoms with van der Waals surface area (Å²) in [4.78, 5) is 14.8. The van der Waals surface area contributed by atoms with E-state index in [0.29, 0.717) is 33.0 Å². The first kappa shape index (κ1) is 19.8. The molecule has 0 unspecified atom stereocenters. The number of β-lactam (4-membered cyclic amide) rings is 1. The van der Waals surface area contributed by atoms with Crippen molar-refractivity contribution in [2.75, 3.05) is 18.8 Å². The molecule has 2 aliphatic rings. The number of fused-ring (bicyclic) bond motifs is 1. The summed E-state index contributed by atoms with van der Waals surface area (Å²) < 4.78 is 22.2. The molecule has 0 spiro atoms. The fourth-order valence-electron chi connectivity index (χ4n) is 3.74. The molecule has 2 aliphatic heterocycles. The molecule has 8 heteroatoms. The summed E-state index contributed by atoms with van der Waals surface area (Å²) in [5.74, 6) is 2.22. The SMILES string of the molecule is COc1ccc(N2C(=O)[C@H](Oc3ccc(Cl)cc3Cl)[C@H]2c2ccc3c(c2)OCO3)cc1. The summed E-state index contributed by atoms with van der Waals surface area (Å²) in [5, 5.41) is 0.831. The van der Waals surface area contributed by atoms with Gasteiger partial charge in [0.1, 0.15) is 17.5 Å². The lowest BCUT2D eigenvalue weighted by molar-refractivity contribution is -0.135. The molecular weight excluding hydrogens is 441 g/mol. The molecular formula is C23H17Cl2NO5. The zero-order valence-corrected chi connectivity index (χ0v) is 17.9. The van der Waals surface area contributed by atoms with Gasteiger partial charge in [-0.1, -0.05) is 29.3 Å². The van der Waals surface area contributed by atoms with Crippen molar-refractivity contribution in [2.45, 2.75) is 12.1 Å². The van der Waals surface area contributed by atoms with Crippen molar-refractivity contribution < 1.29 is 23.7 Å². The molecule has 3 aromatic carbocycles. The van der Waals surface area contributed by atoms with Crippen LogP contribution in [0.25, 0.3) is 0 Å². The molecule has 0 saturated carbocycles. The van der Waals surface area contributed by atoms with Gasteiger partial charge in [0.15, 0.2) is 11.5 Å². The number of anilines is 1. The number of amides is 1. The second-order valence-corrected chi connectivity index (χ2v) is 7.92. The third kappa shape index (κ3) is 3.52. The van der Waals surface area contributed by atoms with E-state index in [1.165, 1.54) is 0 Å². The molecule has 0 radical (unpaired) electrons. The van der Waals surface area contributed by atoms with Crippen LogP contribution in [0.1, 0.15) is 11.6 Å². The van der Waals surface area contributed by atoms with Gasteiger partial charge in [-0.15, -0.1) is 0 Å². The molecule has 0 N–H and O–H groups in total. The number of benzene rings is 3. The van der Waals surface area contributed by atoms with Crippen LogP contribution in [0.15, 0.2) is 60.7 Å². The van der Waals surface area contributed by atoms with E-state index in [2.05, 4.69) is 0 Å². The van der Waals surface area contributed by atoms with Crippen LogP contribution in [0.3, 0.4) is 0 Å². The number of carbonyl (C=O) groups excluding carboxylic acids is 1. The van der Waals surface area contributed by atoms with E-state index in [9.17, 15) is 4.79 Å². The van der Waals surface area contributed by atoms with Gasteiger partial charge in [-0.2, -0.15) is 0 Å². The van der Waals surface area contributed by atoms with Crippen LogP contribution < -0.4 is 23.8 Å². The Balaban J connectivity index is 1.51. The fraction of sp³-hybridized carbons (Fsp3) is 0.174. The van der Waals surface area contributed by atoms with Crippen LogP contribution >= 0.6 is 23.2 Å². The van der Waals surface area contributed by atoms with Crippen LogP contribution in [-0.4, -0.2) is 25.9 Å². The maximum atomic E-state index is 13.2. The minimum absolute atomic E-state index is 0.172. The van der Waals surface area contributed by atoms with Crippen LogP contribution in [0, 0.1) is 0 Å². The first-order chi connectivity index (χ1) is 15.0. The molecule has 1 fully saturated rings. The molecule has 0 aromatic heterocycles. The highest BCUT2D eigenvalue weighted by Gasteiger charge is 2.51. The Bertz CT molecular complexity index is 1150. The molecule has 0 aliphatic carbocycles. The molecule has 1 saturated heterocycles. The number of halogens is 2. The van der Waals surface area contributed by atoms with E-state index in [1.807, 2.05) is 42.5 Å². The summed E-state index contributed by atoms with van der Waals surface area (Å²) in [6, 6.07) is 17.4. The Labute approximate surface area is 188 Å². The van der Waals surface area contributed by atoms with E-state index < -0.39 is 6.10 Å². The van der Waals surface area contributed by atoms with Crippen molar-refractivity contribution >= 4 is 34.8 Å². The average Bonchev–Trinajstić information content (AvgIpc) is 3.25. The Morgan fingerprint density at radius 1 is 0.968 bits per heavy atom. The van der Waals surface area contributed by atoms with Crippen molar-refractivity contribution in [2.24, 2.45) is 0 Å². The van der Waals surface area contributed by atoms with Crippen molar-refractivity contribution in [3.05, 3.63) is 76.3 Å². The highest BCUT2D eigenvalue weighted by atomic mass is 35.5. The van der Waals surface area contributed by atoms with Crippen LogP contribution in [0.2, 0.25) is 10.0 Å². The van der Waals surface area contributed by atoms with Crippen LogP contribution in [0.4, 0.5) is 5.69 Å². The number of ether oxygens (including phenoxy) is 4. The summed E-state index contributed by atoms with van der Waals surface area (Å²) in [6.07, 6.45) is -0.763. The Kier molecular flexibility index (Phi) is 5.04. The van der Waals surface area contributed by atoms with Gasteiger partial charge in [-0.05, 0) is 60.2 Å². The van der Waals surface area contributed by atoms with Gasteiger partial charge in [0.25, 0.3) is 5.91 Å². The topological polar surface area (TPSA) is 57.2 Å². The molecule has 3 aromatic rings. The number of carbonyl (C=O) groups is 1. The predicted octanol–water partition coefficient (Wildman–Crippen LogP) is 5.27. The van der Waals surface area contributed by atoms with E-state index in [1.54, 1.807) is 30.2 Å². The first-order valence-electron chi connectivity index (χ1n) is 9.53. The molecule has 31 heavy (non-hydrogen) atoms. The smallest absolute Gasteiger partial charge is 0.271 e. The fourth-order valence-corrected chi connectivity index (χ4v) is 4.19. The van der Waals surface area contributed by atoms with Crippen molar-refractivity contribution in [1.82, 2.24) is 0 Å². The molecule has 5 rings (SSSR count). The molecule has 158 valence electrons. The molecule has 1 amide bonds. The second kappa shape index (κ2) is 7.87. The number of methoxy groups -OCH3 is 1. The Morgan fingerprint density at radius 2 is 1.74 bits per heavy atom. The first-order valence-corrected chi connectivity index (χ1v) is 10.3. The molecule has 6 nitrogen and oxygen atoms in total. The third-order valence-corrected chi connectivity index (χ3v) is 5.81. The van der Waals surface area contributed by atoms with E-state index in [0.717, 1.165) is 11.3 Å². The largest absolute Gasteiger partial charge is 0.497 e. The normalized spacial score (nSPS) is 19.2. The quantitative estimate of drug-likeness (QED) is 0.488. The van der Waals surface area contributed by atoms with Gasteiger partial charge in [0.05, 0.1) is 12.1 Å². The monoisotopic (exact) mass is 457 g/mol. The lowest BCUT2D eigenvalue weighted by Crippen LogP contribution is -2.61. The lowest BCUT2D eigenvalue weighted by Gasteiger charge is -2.46. The molecule has 2 heterocycles. The Hall–Kier alpha value is -3.09. The molecule has 0 bridgehead atoms. The number of hydrogen-bond donors (Lipinski definition) is 0. The van der Waals surface area contributed by atoms with E-state index >= 15 is 0 Å². The van der Waals surface area contributed by atoms with Crippen molar-refractivity contribution in [1.29, 1.82) is 0 Å². The average molecular weight is 458 g/mol. The summed E-state index contributed by atoms with van der Waals surface area (Å²) in [5.41, 5.74) is 1.59. The minimum atomic E-state index is -0.763. The minimum Gasteiger partial charge on any atom is -0.497 e. The summed E-state index contributed by atoms with van der Waals surface area (Å²) in [7, 11) is 1.60. The molecule has 2 atom stereocenters. The van der Waals surface area contributed by atoms with Gasteiger partial charge in [0, 0.05) is 10.7 Å². The highest BCUT2D eigenvalue weighted by molar-refractivity contribution is 6.35. The van der Waals surface area contributed by atoms with Gasteiger partial charge >= 0.3 is 0 Å². The summed E-state index contributed by atoms with van der Waals surface area (Å²) in [6.45, 7) is 0.172. The summed E-state index contributed by atoms with van der Waals surface area (Å²) >= 11 is 12.3. The van der Waals surface area contributed by atoms with Gasteiger partial charge in [-0.3, -0.25) is 9.69 Å². The predicted molar refractivity (Wildman–Crippen MR) is 117 cm³/mol. The standard InChI is InChI=1S/C23H17Cl2NO5/c1-28-16-6-4-15(5-7-16)26-21(13-2-8-19-20(10-13)30-12-29-19)22(23(26)27)31-18-9-3-14(24)11-17(18)25/h2-11,21-22H,12H2,1H3/t21-,22-/m1/s1. The zero-order chi connectivity index (χ0) is 21.5. The zero-order valence-electron chi connectivity index (χ0n) is 16.4. The van der Waals surface area contributed by atoms with Gasteiger partial charge in [0.2, 0.25) is 12.9 Å². The second-order valence-electron chi connectivity index (χ2n) is 7.08.